The molecule has 0 aromatic heterocycles. The molecule has 146 valence electrons. The number of fused-ring (bicyclic) bond motifs is 5. The lowest BCUT2D eigenvalue weighted by molar-refractivity contribution is -0.134. The normalized spacial score (nSPS) is 31.7. The zero-order chi connectivity index (χ0) is 19.2. The number of benzene rings is 1. The molecule has 3 aliphatic rings. The maximum atomic E-state index is 12.5. The summed E-state index contributed by atoms with van der Waals surface area (Å²) in [5, 5.41) is 0. The number of aryl methyl sites for hydroxylation is 1. The Bertz CT molecular complexity index is 768. The summed E-state index contributed by atoms with van der Waals surface area (Å²) in [6.45, 7) is 4.17. The molecule has 3 aliphatic carbocycles. The molecule has 0 unspecified atom stereocenters. The molecular formula is C23H30O4. The van der Waals surface area contributed by atoms with Crippen LogP contribution in [0.1, 0.15) is 75.8 Å². The van der Waals surface area contributed by atoms with E-state index < -0.39 is 0 Å². The SMILES string of the molecule is CCCC(=O)Oc1cc(OC)cc2c1[C@H]1CC[C@]3(C)C(=O)CC[C@H]3[C@@H]1CC2. The van der Waals surface area contributed by atoms with E-state index in [-0.39, 0.29) is 11.4 Å². The van der Waals surface area contributed by atoms with Gasteiger partial charge in [-0.3, -0.25) is 9.59 Å². The van der Waals surface area contributed by atoms with Crippen molar-refractivity contribution in [1.29, 1.82) is 0 Å². The first-order chi connectivity index (χ1) is 13.0. The van der Waals surface area contributed by atoms with Crippen LogP contribution in [0.2, 0.25) is 0 Å². The summed E-state index contributed by atoms with van der Waals surface area (Å²) in [6, 6.07) is 3.98. The minimum absolute atomic E-state index is 0.135. The van der Waals surface area contributed by atoms with Crippen LogP contribution in [0.4, 0.5) is 0 Å². The molecule has 0 aliphatic heterocycles. The third-order valence-electron chi connectivity index (χ3n) is 7.38. The highest BCUT2D eigenvalue weighted by molar-refractivity contribution is 5.87. The maximum Gasteiger partial charge on any atom is 0.311 e. The van der Waals surface area contributed by atoms with Crippen molar-refractivity contribution in [3.8, 4) is 11.5 Å². The van der Waals surface area contributed by atoms with E-state index in [1.54, 1.807) is 7.11 Å². The summed E-state index contributed by atoms with van der Waals surface area (Å²) in [5.41, 5.74) is 2.32. The van der Waals surface area contributed by atoms with Crippen molar-refractivity contribution >= 4 is 11.8 Å². The molecule has 0 spiro atoms. The number of rotatable bonds is 4. The Hall–Kier alpha value is -1.84. The lowest BCUT2D eigenvalue weighted by atomic mass is 9.55. The van der Waals surface area contributed by atoms with Gasteiger partial charge in [0.1, 0.15) is 17.3 Å². The molecule has 0 amide bonds. The van der Waals surface area contributed by atoms with Crippen molar-refractivity contribution in [1.82, 2.24) is 0 Å². The van der Waals surface area contributed by atoms with Gasteiger partial charge < -0.3 is 9.47 Å². The van der Waals surface area contributed by atoms with E-state index >= 15 is 0 Å². The number of carbonyl (C=O) groups excluding carboxylic acids is 2. The van der Waals surface area contributed by atoms with E-state index in [2.05, 4.69) is 13.0 Å². The van der Waals surface area contributed by atoms with Gasteiger partial charge in [-0.2, -0.15) is 0 Å². The van der Waals surface area contributed by atoms with Gasteiger partial charge in [-0.05, 0) is 67.9 Å². The highest BCUT2D eigenvalue weighted by atomic mass is 16.5. The molecule has 0 saturated heterocycles. The molecule has 4 heteroatoms. The number of carbonyl (C=O) groups is 2. The Labute approximate surface area is 161 Å². The zero-order valence-electron chi connectivity index (χ0n) is 16.7. The van der Waals surface area contributed by atoms with Crippen molar-refractivity contribution in [2.75, 3.05) is 7.11 Å². The molecule has 4 atom stereocenters. The van der Waals surface area contributed by atoms with Crippen molar-refractivity contribution in [2.45, 2.75) is 71.1 Å². The molecule has 0 heterocycles. The predicted octanol–water partition coefficient (Wildman–Crippen LogP) is 4.83. The second-order valence-electron chi connectivity index (χ2n) is 8.76. The van der Waals surface area contributed by atoms with Gasteiger partial charge in [0.05, 0.1) is 7.11 Å². The molecule has 4 rings (SSSR count). The quantitative estimate of drug-likeness (QED) is 0.563. The van der Waals surface area contributed by atoms with Gasteiger partial charge in [0.2, 0.25) is 0 Å². The molecule has 4 nitrogen and oxygen atoms in total. The first-order valence-corrected chi connectivity index (χ1v) is 10.4. The third-order valence-corrected chi connectivity index (χ3v) is 7.38. The fourth-order valence-electron chi connectivity index (χ4n) is 6.01. The largest absolute Gasteiger partial charge is 0.497 e. The first-order valence-electron chi connectivity index (χ1n) is 10.4. The average molecular weight is 370 g/mol. The second-order valence-corrected chi connectivity index (χ2v) is 8.76. The Morgan fingerprint density at radius 2 is 2.04 bits per heavy atom. The smallest absolute Gasteiger partial charge is 0.311 e. The van der Waals surface area contributed by atoms with Gasteiger partial charge in [-0.25, -0.2) is 0 Å². The number of hydrogen-bond acceptors (Lipinski definition) is 4. The van der Waals surface area contributed by atoms with Gasteiger partial charge in [-0.15, -0.1) is 0 Å². The first kappa shape index (κ1) is 18.5. The van der Waals surface area contributed by atoms with Crippen molar-refractivity contribution < 1.29 is 19.1 Å². The van der Waals surface area contributed by atoms with Crippen LogP contribution in [0.3, 0.4) is 0 Å². The van der Waals surface area contributed by atoms with Crippen molar-refractivity contribution in [3.63, 3.8) is 0 Å². The van der Waals surface area contributed by atoms with Crippen LogP contribution < -0.4 is 9.47 Å². The fraction of sp³-hybridized carbons (Fsp3) is 0.652. The minimum atomic E-state index is -0.174. The fourth-order valence-corrected chi connectivity index (χ4v) is 6.01. The lowest BCUT2D eigenvalue weighted by Gasteiger charge is -2.48. The van der Waals surface area contributed by atoms with Gasteiger partial charge in [0.25, 0.3) is 0 Å². The van der Waals surface area contributed by atoms with Crippen molar-refractivity contribution in [2.24, 2.45) is 17.3 Å². The standard InChI is InChI=1S/C23H30O4/c1-4-5-21(25)27-19-13-15(26-3)12-14-6-7-16-17(22(14)19)10-11-23(2)18(16)8-9-20(23)24/h12-13,16-18H,4-11H2,1-3H3/t16-,17+,18+,23+/m1/s1. The van der Waals surface area contributed by atoms with Gasteiger partial charge in [0.15, 0.2) is 0 Å². The Balaban J connectivity index is 1.72. The topological polar surface area (TPSA) is 52.6 Å². The van der Waals surface area contributed by atoms with Crippen LogP contribution in [-0.2, 0) is 16.0 Å². The summed E-state index contributed by atoms with van der Waals surface area (Å²) >= 11 is 0. The Kier molecular flexibility index (Phi) is 4.77. The van der Waals surface area contributed by atoms with E-state index in [4.69, 9.17) is 9.47 Å². The molecule has 0 bridgehead atoms. The average Bonchev–Trinajstić information content (AvgIpc) is 2.96. The molecule has 27 heavy (non-hydrogen) atoms. The predicted molar refractivity (Wildman–Crippen MR) is 103 cm³/mol. The molecule has 1 aromatic rings. The van der Waals surface area contributed by atoms with Crippen molar-refractivity contribution in [3.05, 3.63) is 23.3 Å². The Morgan fingerprint density at radius 3 is 2.78 bits per heavy atom. The summed E-state index contributed by atoms with van der Waals surface area (Å²) in [6.07, 6.45) is 6.99. The summed E-state index contributed by atoms with van der Waals surface area (Å²) in [4.78, 5) is 24.8. The number of esters is 1. The van der Waals surface area contributed by atoms with Gasteiger partial charge in [0, 0.05) is 29.9 Å². The van der Waals surface area contributed by atoms with Crippen LogP contribution in [0.25, 0.3) is 0 Å². The monoisotopic (exact) mass is 370 g/mol. The number of hydrogen-bond donors (Lipinski definition) is 0. The van der Waals surface area contributed by atoms with Crippen LogP contribution >= 0.6 is 0 Å². The molecule has 2 saturated carbocycles. The summed E-state index contributed by atoms with van der Waals surface area (Å²) in [7, 11) is 1.65. The third kappa shape index (κ3) is 2.97. The number of ether oxygens (including phenoxy) is 2. The summed E-state index contributed by atoms with van der Waals surface area (Å²) in [5.74, 6) is 3.09. The summed E-state index contributed by atoms with van der Waals surface area (Å²) < 4.78 is 11.3. The van der Waals surface area contributed by atoms with Crippen LogP contribution in [-0.4, -0.2) is 18.9 Å². The van der Waals surface area contributed by atoms with Gasteiger partial charge >= 0.3 is 5.97 Å². The van der Waals surface area contributed by atoms with E-state index in [0.717, 1.165) is 50.7 Å². The Morgan fingerprint density at radius 1 is 1.22 bits per heavy atom. The van der Waals surface area contributed by atoms with Crippen LogP contribution in [0.15, 0.2) is 12.1 Å². The lowest BCUT2D eigenvalue weighted by Crippen LogP contribution is -2.42. The molecule has 0 N–H and O–H groups in total. The van der Waals surface area contributed by atoms with Crippen LogP contribution in [0, 0.1) is 17.3 Å². The van der Waals surface area contributed by atoms with Crippen LogP contribution in [0.5, 0.6) is 11.5 Å². The molecule has 0 radical (unpaired) electrons. The highest BCUT2D eigenvalue weighted by Gasteiger charge is 2.55. The molecule has 2 fully saturated rings. The van der Waals surface area contributed by atoms with E-state index in [1.165, 1.54) is 11.1 Å². The van der Waals surface area contributed by atoms with E-state index in [9.17, 15) is 9.59 Å². The minimum Gasteiger partial charge on any atom is -0.497 e. The molecular weight excluding hydrogens is 340 g/mol. The van der Waals surface area contributed by atoms with E-state index in [0.29, 0.717) is 35.7 Å². The highest BCUT2D eigenvalue weighted by Crippen LogP contribution is 2.60. The maximum absolute atomic E-state index is 12.5. The number of ketones is 1. The second kappa shape index (κ2) is 6.96. The molecule has 1 aromatic carbocycles. The zero-order valence-corrected chi connectivity index (χ0v) is 16.7. The van der Waals surface area contributed by atoms with E-state index in [1.807, 2.05) is 13.0 Å². The number of methoxy groups -OCH3 is 1. The van der Waals surface area contributed by atoms with Gasteiger partial charge in [-0.1, -0.05) is 13.8 Å². The number of Topliss-reactive ketones (excluding diaryl/α,β-unsaturated/α-hetero) is 1.